The molecule has 0 bridgehead atoms. The first-order chi connectivity index (χ1) is 22.0. The van der Waals surface area contributed by atoms with E-state index in [9.17, 15) is 5.26 Å². The van der Waals surface area contributed by atoms with Crippen LogP contribution in [0.1, 0.15) is 38.5 Å². The van der Waals surface area contributed by atoms with Crippen molar-refractivity contribution in [3.8, 4) is 27.9 Å². The normalized spacial score (nSPS) is 13.4. The van der Waals surface area contributed by atoms with E-state index in [-0.39, 0.29) is 5.70 Å². The molecule has 6 heteroatoms. The Morgan fingerprint density at radius 2 is 1.36 bits per heavy atom. The third kappa shape index (κ3) is 3.90. The molecule has 5 nitrogen and oxygen atoms in total. The molecule has 0 N–H and O–H groups in total. The summed E-state index contributed by atoms with van der Waals surface area (Å²) in [6, 6.07) is 40.4. The second-order valence-corrected chi connectivity index (χ2v) is 12.4. The van der Waals surface area contributed by atoms with E-state index < -0.39 is 5.41 Å². The van der Waals surface area contributed by atoms with E-state index in [2.05, 4.69) is 107 Å². The number of pyridine rings is 2. The van der Waals surface area contributed by atoms with Gasteiger partial charge in [0.1, 0.15) is 0 Å². The third-order valence-corrected chi connectivity index (χ3v) is 9.82. The van der Waals surface area contributed by atoms with Gasteiger partial charge in [-0.15, -0.1) is 11.3 Å². The van der Waals surface area contributed by atoms with Crippen molar-refractivity contribution >= 4 is 34.5 Å². The highest BCUT2D eigenvalue weighted by molar-refractivity contribution is 7.16. The highest BCUT2D eigenvalue weighted by Crippen LogP contribution is 2.64. The Balaban J connectivity index is 1.46. The molecule has 0 unspecified atom stereocenters. The Hall–Kier alpha value is -5.82. The van der Waals surface area contributed by atoms with Crippen LogP contribution in [0.3, 0.4) is 0 Å². The number of nitriles is 1. The van der Waals surface area contributed by atoms with Gasteiger partial charge in [-0.1, -0.05) is 54.6 Å². The molecule has 0 fully saturated rings. The molecule has 0 radical (unpaired) electrons. The number of hydrogen-bond acceptors (Lipinski definition) is 5. The molecule has 0 amide bonds. The number of thiophene rings is 1. The third-order valence-electron chi connectivity index (χ3n) is 8.71. The van der Waals surface area contributed by atoms with E-state index in [1.165, 1.54) is 5.56 Å². The fourth-order valence-electron chi connectivity index (χ4n) is 6.92. The molecule has 2 aliphatic carbocycles. The van der Waals surface area contributed by atoms with Crippen molar-refractivity contribution in [1.29, 1.82) is 5.26 Å². The molecule has 212 valence electrons. The van der Waals surface area contributed by atoms with Crippen molar-refractivity contribution in [3.63, 3.8) is 0 Å². The van der Waals surface area contributed by atoms with Crippen molar-refractivity contribution in [2.24, 2.45) is 0 Å². The second kappa shape index (κ2) is 10.1. The number of fused-ring (bicyclic) bond motifs is 10. The van der Waals surface area contributed by atoms with Crippen LogP contribution in [0.2, 0.25) is 0 Å². The maximum atomic E-state index is 9.53. The van der Waals surface area contributed by atoms with Gasteiger partial charge in [0.25, 0.3) is 5.70 Å². The van der Waals surface area contributed by atoms with Gasteiger partial charge in [0, 0.05) is 38.2 Å². The van der Waals surface area contributed by atoms with Crippen molar-refractivity contribution in [2.45, 2.75) is 19.3 Å². The highest BCUT2D eigenvalue weighted by atomic mass is 32.1. The molecule has 2 aliphatic rings. The lowest BCUT2D eigenvalue weighted by molar-refractivity contribution is 0.789. The summed E-state index contributed by atoms with van der Waals surface area (Å²) in [4.78, 5) is 17.9. The zero-order valence-corrected chi connectivity index (χ0v) is 25.4. The van der Waals surface area contributed by atoms with Gasteiger partial charge < -0.3 is 4.90 Å². The summed E-state index contributed by atoms with van der Waals surface area (Å²) in [5.74, 6) is 0. The first kappa shape index (κ1) is 26.8. The number of hydrogen-bond donors (Lipinski definition) is 0. The zero-order chi connectivity index (χ0) is 30.7. The SMILES string of the molecule is [C-]#[N+]/C(C#N)=C\c1cc2c(s1)-c1ccc(N(c3ccccc3)c3ccccc3)cc1C21c2ccc(C)nc2-c2nc(C)ccc21. The van der Waals surface area contributed by atoms with E-state index in [4.69, 9.17) is 16.5 Å². The summed E-state index contributed by atoms with van der Waals surface area (Å²) in [5, 5.41) is 9.53. The molecule has 1 spiro atoms. The molecular formula is C39H25N5S. The molecule has 8 rings (SSSR count). The largest absolute Gasteiger partial charge is 0.310 e. The Labute approximate surface area is 265 Å². The number of aryl methyl sites for hydroxylation is 2. The average Bonchev–Trinajstić information content (AvgIpc) is 3.69. The summed E-state index contributed by atoms with van der Waals surface area (Å²) in [5.41, 5.74) is 12.0. The topological polar surface area (TPSA) is 57.2 Å². The smallest absolute Gasteiger partial charge is 0.263 e. The van der Waals surface area contributed by atoms with Crippen LogP contribution >= 0.6 is 11.3 Å². The predicted molar refractivity (Wildman–Crippen MR) is 181 cm³/mol. The summed E-state index contributed by atoms with van der Waals surface area (Å²) < 4.78 is 0. The Morgan fingerprint density at radius 1 is 0.756 bits per heavy atom. The summed E-state index contributed by atoms with van der Waals surface area (Å²) in [7, 11) is 0. The van der Waals surface area contributed by atoms with E-state index in [1.807, 2.05) is 32.0 Å². The lowest BCUT2D eigenvalue weighted by atomic mass is 9.71. The van der Waals surface area contributed by atoms with Gasteiger partial charge in [-0.3, -0.25) is 9.97 Å². The second-order valence-electron chi connectivity index (χ2n) is 11.3. The standard InChI is InChI=1S/C39H25N5S/c1-24-14-18-32-36(42-24)37-33(19-15-25(2)43-37)39(32)34-21-29(44(27-10-6-4-7-11-27)28-12-8-5-9-13-28)16-17-31(34)38-35(39)22-30(45-38)20-26(23-40)41-3/h4-22H,1-2H3/b26-20-. The number of aromatic nitrogens is 2. The molecule has 3 aromatic heterocycles. The lowest BCUT2D eigenvalue weighted by Gasteiger charge is -2.31. The van der Waals surface area contributed by atoms with E-state index in [1.54, 1.807) is 17.4 Å². The molecule has 6 aromatic rings. The van der Waals surface area contributed by atoms with Crippen molar-refractivity contribution < 1.29 is 0 Å². The monoisotopic (exact) mass is 595 g/mol. The minimum absolute atomic E-state index is 0.0720. The Morgan fingerprint density at radius 3 is 1.91 bits per heavy atom. The number of allylic oxidation sites excluding steroid dienone is 1. The van der Waals surface area contributed by atoms with Crippen molar-refractivity contribution in [3.05, 3.63) is 165 Å². The number of anilines is 3. The Bertz CT molecular complexity index is 2160. The molecular weight excluding hydrogens is 571 g/mol. The summed E-state index contributed by atoms with van der Waals surface area (Å²) >= 11 is 1.62. The van der Waals surface area contributed by atoms with Crippen LogP contribution in [0.5, 0.6) is 0 Å². The number of benzene rings is 3. The molecule has 0 saturated carbocycles. The highest BCUT2D eigenvalue weighted by Gasteiger charge is 2.54. The average molecular weight is 596 g/mol. The van der Waals surface area contributed by atoms with Crippen LogP contribution in [0, 0.1) is 31.8 Å². The fourth-order valence-corrected chi connectivity index (χ4v) is 8.11. The molecule has 3 heterocycles. The van der Waals surface area contributed by atoms with Gasteiger partial charge in [-0.25, -0.2) is 10.1 Å². The van der Waals surface area contributed by atoms with Crippen LogP contribution in [0.15, 0.2) is 115 Å². The molecule has 0 aliphatic heterocycles. The van der Waals surface area contributed by atoms with Gasteiger partial charge in [-0.05, 0) is 102 Å². The van der Waals surface area contributed by atoms with E-state index in [0.717, 1.165) is 71.8 Å². The number of nitrogens with zero attached hydrogens (tertiary/aromatic N) is 5. The zero-order valence-electron chi connectivity index (χ0n) is 24.6. The van der Waals surface area contributed by atoms with Crippen LogP contribution in [0.4, 0.5) is 17.1 Å². The molecule has 0 atom stereocenters. The molecule has 45 heavy (non-hydrogen) atoms. The molecule has 3 aromatic carbocycles. The van der Waals surface area contributed by atoms with Gasteiger partial charge in [0.2, 0.25) is 0 Å². The minimum atomic E-state index is -0.653. The van der Waals surface area contributed by atoms with Gasteiger partial charge in [0.15, 0.2) is 0 Å². The van der Waals surface area contributed by atoms with Crippen LogP contribution in [-0.2, 0) is 5.41 Å². The van der Waals surface area contributed by atoms with Crippen LogP contribution in [0.25, 0.3) is 32.7 Å². The molecule has 0 saturated heterocycles. The van der Waals surface area contributed by atoms with Gasteiger partial charge >= 0.3 is 0 Å². The number of para-hydroxylation sites is 2. The summed E-state index contributed by atoms with van der Waals surface area (Å²) in [6.07, 6.45) is 1.70. The van der Waals surface area contributed by atoms with Gasteiger partial charge in [0.05, 0.1) is 29.4 Å². The maximum absolute atomic E-state index is 9.53. The van der Waals surface area contributed by atoms with Crippen molar-refractivity contribution in [2.75, 3.05) is 4.90 Å². The van der Waals surface area contributed by atoms with Crippen molar-refractivity contribution in [1.82, 2.24) is 9.97 Å². The Kier molecular flexibility index (Phi) is 6.03. The lowest BCUT2D eigenvalue weighted by Crippen LogP contribution is -2.26. The van der Waals surface area contributed by atoms with E-state index in [0.29, 0.717) is 0 Å². The maximum Gasteiger partial charge on any atom is 0.263 e. The summed E-state index contributed by atoms with van der Waals surface area (Å²) in [6.45, 7) is 11.5. The van der Waals surface area contributed by atoms with Gasteiger partial charge in [-0.2, -0.15) is 0 Å². The first-order valence-corrected chi connectivity index (χ1v) is 15.5. The number of rotatable bonds is 4. The minimum Gasteiger partial charge on any atom is -0.310 e. The van der Waals surface area contributed by atoms with Crippen LogP contribution < -0.4 is 4.90 Å². The quantitative estimate of drug-likeness (QED) is 0.150. The van der Waals surface area contributed by atoms with Crippen LogP contribution in [-0.4, -0.2) is 9.97 Å². The predicted octanol–water partition coefficient (Wildman–Crippen LogP) is 9.75. The fraction of sp³-hybridized carbons (Fsp3) is 0.0769. The first-order valence-electron chi connectivity index (χ1n) is 14.7. The van der Waals surface area contributed by atoms with E-state index >= 15 is 0 Å².